The normalized spacial score (nSPS) is 10.8. The van der Waals surface area contributed by atoms with Crippen molar-refractivity contribution in [3.8, 4) is 16.9 Å². The molecule has 126 valence electrons. The maximum absolute atomic E-state index is 5.11. The summed E-state index contributed by atoms with van der Waals surface area (Å²) in [5, 5.41) is 12.4. The predicted octanol–water partition coefficient (Wildman–Crippen LogP) is 2.75. The van der Waals surface area contributed by atoms with Crippen LogP contribution in [0.4, 0.5) is 0 Å². The van der Waals surface area contributed by atoms with Crippen molar-refractivity contribution in [1.29, 1.82) is 0 Å². The molecule has 0 atom stereocenters. The van der Waals surface area contributed by atoms with Crippen LogP contribution in [0.3, 0.4) is 0 Å². The van der Waals surface area contributed by atoms with Gasteiger partial charge in [-0.05, 0) is 43.4 Å². The van der Waals surface area contributed by atoms with Crippen LogP contribution in [0.2, 0.25) is 0 Å². The molecule has 0 aliphatic rings. The van der Waals surface area contributed by atoms with Gasteiger partial charge in [0.1, 0.15) is 5.69 Å². The van der Waals surface area contributed by atoms with E-state index >= 15 is 0 Å². The number of aromatic nitrogens is 3. The zero-order valence-corrected chi connectivity index (χ0v) is 14.6. The summed E-state index contributed by atoms with van der Waals surface area (Å²) in [5.74, 6) is 0. The van der Waals surface area contributed by atoms with E-state index in [1.54, 1.807) is 18.6 Å². The molecular formula is C18H18N6S. The summed E-state index contributed by atoms with van der Waals surface area (Å²) in [4.78, 5) is 4.07. The molecule has 0 saturated heterocycles. The maximum Gasteiger partial charge on any atom is 0.186 e. The van der Waals surface area contributed by atoms with Crippen molar-refractivity contribution in [2.45, 2.75) is 6.92 Å². The molecule has 0 aliphatic heterocycles. The number of pyridine rings is 1. The zero-order chi connectivity index (χ0) is 17.5. The van der Waals surface area contributed by atoms with Gasteiger partial charge in [0, 0.05) is 36.3 Å². The fourth-order valence-corrected chi connectivity index (χ4v) is 2.49. The average molecular weight is 350 g/mol. The minimum Gasteiger partial charge on any atom is -0.362 e. The van der Waals surface area contributed by atoms with Gasteiger partial charge in [-0.25, -0.2) is 4.68 Å². The molecule has 3 aromatic rings. The lowest BCUT2D eigenvalue weighted by Crippen LogP contribution is -2.31. The lowest BCUT2D eigenvalue weighted by molar-refractivity contribution is 0.884. The molecule has 2 aromatic heterocycles. The van der Waals surface area contributed by atoms with Crippen LogP contribution in [0.15, 0.2) is 66.2 Å². The second-order valence-electron chi connectivity index (χ2n) is 5.18. The number of hydrogen-bond donors (Lipinski definition) is 2. The minimum atomic E-state index is 0.486. The van der Waals surface area contributed by atoms with E-state index in [1.165, 1.54) is 0 Å². The molecule has 0 unspecified atom stereocenters. The molecule has 2 heterocycles. The molecule has 0 aliphatic carbocycles. The highest BCUT2D eigenvalue weighted by Gasteiger charge is 2.10. The summed E-state index contributed by atoms with van der Waals surface area (Å²) < 4.78 is 1.83. The van der Waals surface area contributed by atoms with Gasteiger partial charge in [0.2, 0.25) is 0 Å². The van der Waals surface area contributed by atoms with Crippen molar-refractivity contribution in [3.63, 3.8) is 0 Å². The molecule has 6 nitrogen and oxygen atoms in total. The standard InChI is InChI=1S/C18H18N6S/c1-2-20-18(25)22-21-12-15-13-24(16-6-4-3-5-7-16)23-17(15)14-8-10-19-11-9-14/h3-13H,2H2,1H3,(H2,20,22,25)/b21-12-. The summed E-state index contributed by atoms with van der Waals surface area (Å²) in [6.45, 7) is 2.72. The topological polar surface area (TPSA) is 67.1 Å². The van der Waals surface area contributed by atoms with E-state index in [-0.39, 0.29) is 0 Å². The molecule has 25 heavy (non-hydrogen) atoms. The van der Waals surface area contributed by atoms with Crippen molar-refractivity contribution in [3.05, 3.63) is 66.6 Å². The third-order valence-electron chi connectivity index (χ3n) is 3.42. The number of nitrogens with zero attached hydrogens (tertiary/aromatic N) is 4. The highest BCUT2D eigenvalue weighted by atomic mass is 32.1. The molecule has 7 heteroatoms. The predicted molar refractivity (Wildman–Crippen MR) is 104 cm³/mol. The summed E-state index contributed by atoms with van der Waals surface area (Å²) in [5.41, 5.74) is 6.45. The Labute approximate surface area is 151 Å². The number of para-hydroxylation sites is 1. The Balaban J connectivity index is 1.93. The first kappa shape index (κ1) is 16.8. The van der Waals surface area contributed by atoms with Crippen molar-refractivity contribution < 1.29 is 0 Å². The quantitative estimate of drug-likeness (QED) is 0.421. The summed E-state index contributed by atoms with van der Waals surface area (Å²) in [6.07, 6.45) is 7.14. The van der Waals surface area contributed by atoms with E-state index in [0.717, 1.165) is 29.1 Å². The fraction of sp³-hybridized carbons (Fsp3) is 0.111. The van der Waals surface area contributed by atoms with Crippen LogP contribution in [-0.4, -0.2) is 32.6 Å². The SMILES string of the molecule is CCNC(=S)N/N=C\c1cn(-c2ccccc2)nc1-c1ccncc1. The smallest absolute Gasteiger partial charge is 0.186 e. The number of benzene rings is 1. The van der Waals surface area contributed by atoms with Crippen LogP contribution < -0.4 is 10.7 Å². The van der Waals surface area contributed by atoms with Gasteiger partial charge in [-0.3, -0.25) is 10.4 Å². The molecule has 0 bridgehead atoms. The first-order valence-corrected chi connectivity index (χ1v) is 8.31. The first-order valence-electron chi connectivity index (χ1n) is 7.90. The Bertz CT molecular complexity index is 858. The van der Waals surface area contributed by atoms with Crippen LogP contribution in [0.25, 0.3) is 16.9 Å². The highest BCUT2D eigenvalue weighted by molar-refractivity contribution is 7.80. The molecule has 3 rings (SSSR count). The second kappa shape index (κ2) is 8.16. The largest absolute Gasteiger partial charge is 0.362 e. The molecule has 2 N–H and O–H groups in total. The lowest BCUT2D eigenvalue weighted by Gasteiger charge is -2.02. The van der Waals surface area contributed by atoms with E-state index < -0.39 is 0 Å². The first-order chi connectivity index (χ1) is 12.3. The summed E-state index contributed by atoms with van der Waals surface area (Å²) in [6, 6.07) is 13.8. The fourth-order valence-electron chi connectivity index (χ4n) is 2.29. The van der Waals surface area contributed by atoms with Gasteiger partial charge >= 0.3 is 0 Å². The van der Waals surface area contributed by atoms with Crippen molar-refractivity contribution in [1.82, 2.24) is 25.5 Å². The van der Waals surface area contributed by atoms with Gasteiger partial charge in [0.05, 0.1) is 11.9 Å². The Kier molecular flexibility index (Phi) is 5.48. The van der Waals surface area contributed by atoms with Gasteiger partial charge in [-0.1, -0.05) is 18.2 Å². The van der Waals surface area contributed by atoms with Crippen LogP contribution in [-0.2, 0) is 0 Å². The monoisotopic (exact) mass is 350 g/mol. The van der Waals surface area contributed by atoms with Gasteiger partial charge in [-0.2, -0.15) is 10.2 Å². The van der Waals surface area contributed by atoms with Crippen LogP contribution >= 0.6 is 12.2 Å². The highest BCUT2D eigenvalue weighted by Crippen LogP contribution is 2.21. The number of nitrogens with one attached hydrogen (secondary N) is 2. The summed E-state index contributed by atoms with van der Waals surface area (Å²) in [7, 11) is 0. The van der Waals surface area contributed by atoms with E-state index in [2.05, 4.69) is 20.8 Å². The van der Waals surface area contributed by atoms with E-state index in [9.17, 15) is 0 Å². The molecule has 0 saturated carbocycles. The van der Waals surface area contributed by atoms with E-state index in [0.29, 0.717) is 5.11 Å². The average Bonchev–Trinajstić information content (AvgIpc) is 3.08. The Morgan fingerprint density at radius 2 is 1.96 bits per heavy atom. The molecule has 1 aromatic carbocycles. The summed E-state index contributed by atoms with van der Waals surface area (Å²) >= 11 is 5.11. The van der Waals surface area contributed by atoms with Gasteiger partial charge in [0.25, 0.3) is 0 Å². The van der Waals surface area contributed by atoms with E-state index in [4.69, 9.17) is 17.3 Å². The molecule has 0 radical (unpaired) electrons. The number of rotatable bonds is 5. The lowest BCUT2D eigenvalue weighted by atomic mass is 10.1. The Hall–Kier alpha value is -3.06. The minimum absolute atomic E-state index is 0.486. The van der Waals surface area contributed by atoms with Gasteiger partial charge in [-0.15, -0.1) is 0 Å². The molecule has 0 fully saturated rings. The van der Waals surface area contributed by atoms with Gasteiger partial charge in [0.15, 0.2) is 5.11 Å². The van der Waals surface area contributed by atoms with Crippen molar-refractivity contribution in [2.75, 3.05) is 6.54 Å². The second-order valence-corrected chi connectivity index (χ2v) is 5.59. The Morgan fingerprint density at radius 1 is 1.20 bits per heavy atom. The van der Waals surface area contributed by atoms with Crippen LogP contribution in [0, 0.1) is 0 Å². The van der Waals surface area contributed by atoms with Crippen LogP contribution in [0.5, 0.6) is 0 Å². The zero-order valence-electron chi connectivity index (χ0n) is 13.8. The maximum atomic E-state index is 5.11. The molecule has 0 spiro atoms. The van der Waals surface area contributed by atoms with E-state index in [1.807, 2.05) is 60.3 Å². The number of thiocarbonyl (C=S) groups is 1. The Morgan fingerprint density at radius 3 is 2.68 bits per heavy atom. The van der Waals surface area contributed by atoms with Crippen molar-refractivity contribution in [2.24, 2.45) is 5.10 Å². The molecular weight excluding hydrogens is 332 g/mol. The molecule has 0 amide bonds. The number of hydrogen-bond acceptors (Lipinski definition) is 4. The van der Waals surface area contributed by atoms with Crippen molar-refractivity contribution >= 4 is 23.5 Å². The third kappa shape index (κ3) is 4.27. The number of hydrazone groups is 1. The van der Waals surface area contributed by atoms with Gasteiger partial charge < -0.3 is 5.32 Å². The van der Waals surface area contributed by atoms with Crippen LogP contribution in [0.1, 0.15) is 12.5 Å². The third-order valence-corrected chi connectivity index (χ3v) is 3.66.